The van der Waals surface area contributed by atoms with Gasteiger partial charge in [-0.1, -0.05) is 0 Å². The molecule has 0 aromatic carbocycles. The Bertz CT molecular complexity index is 469. The number of aromatic nitrogens is 2. The molecule has 0 aliphatic heterocycles. The van der Waals surface area contributed by atoms with Crippen molar-refractivity contribution in [2.45, 2.75) is 11.3 Å². The first-order valence-corrected chi connectivity index (χ1v) is 5.75. The van der Waals surface area contributed by atoms with Gasteiger partial charge in [-0.05, 0) is 0 Å². The molecule has 5 N–H and O–H groups in total. The third-order valence-electron chi connectivity index (χ3n) is 1.62. The fourth-order valence-electron chi connectivity index (χ4n) is 0.857. The molecule has 0 unspecified atom stereocenters. The molecule has 88 valence electrons. The number of nitrogens with one attached hydrogen (secondary N) is 1. The van der Waals surface area contributed by atoms with Gasteiger partial charge in [0.25, 0.3) is 0 Å². The Balaban J connectivity index is 2.71. The van der Waals surface area contributed by atoms with Gasteiger partial charge >= 0.3 is 0 Å². The minimum absolute atomic E-state index is 0.0175. The molecule has 0 saturated carbocycles. The van der Waals surface area contributed by atoms with Gasteiger partial charge in [0.15, 0.2) is 0 Å². The van der Waals surface area contributed by atoms with E-state index in [2.05, 4.69) is 14.7 Å². The summed E-state index contributed by atoms with van der Waals surface area (Å²) >= 11 is 0. The number of anilines is 1. The second-order valence-corrected chi connectivity index (χ2v) is 4.66. The molecule has 16 heavy (non-hydrogen) atoms. The molecule has 1 heterocycles. The molecular formula is C7H11N5O3S. The topological polar surface area (TPSA) is 141 Å². The van der Waals surface area contributed by atoms with E-state index >= 15 is 0 Å². The fraction of sp³-hybridized carbons (Fsp3) is 0.286. The van der Waals surface area contributed by atoms with E-state index in [4.69, 9.17) is 11.5 Å². The lowest BCUT2D eigenvalue weighted by Crippen LogP contribution is -2.28. The average molecular weight is 245 g/mol. The van der Waals surface area contributed by atoms with E-state index in [1.54, 1.807) is 0 Å². The molecule has 1 aromatic rings. The highest BCUT2D eigenvalue weighted by molar-refractivity contribution is 7.89. The number of carbonyl (C=O) groups excluding carboxylic acids is 1. The van der Waals surface area contributed by atoms with Crippen LogP contribution in [0.2, 0.25) is 0 Å². The summed E-state index contributed by atoms with van der Waals surface area (Å²) in [6, 6.07) is 0. The second kappa shape index (κ2) is 4.86. The Morgan fingerprint density at radius 1 is 1.38 bits per heavy atom. The molecule has 0 atom stereocenters. The van der Waals surface area contributed by atoms with Crippen LogP contribution in [0.25, 0.3) is 0 Å². The van der Waals surface area contributed by atoms with Crippen molar-refractivity contribution < 1.29 is 13.2 Å². The van der Waals surface area contributed by atoms with Crippen molar-refractivity contribution in [3.05, 3.63) is 12.4 Å². The van der Waals surface area contributed by atoms with Gasteiger partial charge < -0.3 is 11.5 Å². The van der Waals surface area contributed by atoms with Crippen molar-refractivity contribution in [3.63, 3.8) is 0 Å². The van der Waals surface area contributed by atoms with Gasteiger partial charge in [0, 0.05) is 13.0 Å². The molecule has 0 aliphatic rings. The van der Waals surface area contributed by atoms with E-state index in [9.17, 15) is 13.2 Å². The summed E-state index contributed by atoms with van der Waals surface area (Å²) in [5, 5.41) is 0. The smallest absolute Gasteiger partial charge is 0.243 e. The molecule has 0 saturated heterocycles. The van der Waals surface area contributed by atoms with Crippen LogP contribution in [0.5, 0.6) is 0 Å². The highest BCUT2D eigenvalue weighted by Gasteiger charge is 2.14. The Morgan fingerprint density at radius 3 is 2.44 bits per heavy atom. The normalized spacial score (nSPS) is 11.2. The van der Waals surface area contributed by atoms with E-state index in [0.717, 1.165) is 12.4 Å². The van der Waals surface area contributed by atoms with E-state index in [1.165, 1.54) is 0 Å². The van der Waals surface area contributed by atoms with Crippen LogP contribution in [-0.4, -0.2) is 30.8 Å². The van der Waals surface area contributed by atoms with Crippen LogP contribution in [0.1, 0.15) is 6.42 Å². The lowest BCUT2D eigenvalue weighted by Gasteiger charge is -2.04. The zero-order valence-electron chi connectivity index (χ0n) is 8.25. The quantitative estimate of drug-likeness (QED) is 0.559. The molecule has 1 aromatic heterocycles. The number of hydrogen-bond donors (Lipinski definition) is 3. The zero-order valence-corrected chi connectivity index (χ0v) is 9.07. The SMILES string of the molecule is NC(=O)CCNS(=O)(=O)c1cnc(N)nc1. The summed E-state index contributed by atoms with van der Waals surface area (Å²) < 4.78 is 25.3. The third-order valence-corrected chi connectivity index (χ3v) is 3.04. The minimum Gasteiger partial charge on any atom is -0.370 e. The van der Waals surface area contributed by atoms with Crippen molar-refractivity contribution in [1.82, 2.24) is 14.7 Å². The van der Waals surface area contributed by atoms with Crippen molar-refractivity contribution in [2.24, 2.45) is 5.73 Å². The number of sulfonamides is 1. The van der Waals surface area contributed by atoms with Crippen molar-refractivity contribution in [2.75, 3.05) is 12.3 Å². The number of rotatable bonds is 5. The number of primary amides is 1. The third kappa shape index (κ3) is 3.44. The lowest BCUT2D eigenvalue weighted by atomic mass is 10.4. The summed E-state index contributed by atoms with van der Waals surface area (Å²) in [6.07, 6.45) is 2.08. The van der Waals surface area contributed by atoms with Gasteiger partial charge in [0.1, 0.15) is 4.90 Å². The van der Waals surface area contributed by atoms with Gasteiger partial charge in [-0.15, -0.1) is 0 Å². The van der Waals surface area contributed by atoms with Crippen LogP contribution < -0.4 is 16.2 Å². The molecule has 8 nitrogen and oxygen atoms in total. The number of nitrogens with zero attached hydrogens (tertiary/aromatic N) is 2. The maximum atomic E-state index is 11.5. The molecule has 1 rings (SSSR count). The average Bonchev–Trinajstić information content (AvgIpc) is 2.17. The van der Waals surface area contributed by atoms with Crippen LogP contribution in [0.3, 0.4) is 0 Å². The molecular weight excluding hydrogens is 234 g/mol. The summed E-state index contributed by atoms with van der Waals surface area (Å²) in [4.78, 5) is 17.4. The van der Waals surface area contributed by atoms with Gasteiger partial charge in [0.2, 0.25) is 21.9 Å². The number of hydrogen-bond acceptors (Lipinski definition) is 6. The predicted octanol–water partition coefficient (Wildman–Crippen LogP) is -1.79. The first-order valence-electron chi connectivity index (χ1n) is 4.27. The van der Waals surface area contributed by atoms with Crippen LogP contribution >= 0.6 is 0 Å². The summed E-state index contributed by atoms with van der Waals surface area (Å²) in [5.41, 5.74) is 10.1. The van der Waals surface area contributed by atoms with Gasteiger partial charge in [0.05, 0.1) is 12.4 Å². The van der Waals surface area contributed by atoms with E-state index in [-0.39, 0.29) is 23.8 Å². The maximum absolute atomic E-state index is 11.5. The number of nitrogens with two attached hydrogens (primary N) is 2. The maximum Gasteiger partial charge on any atom is 0.243 e. The monoisotopic (exact) mass is 245 g/mol. The highest BCUT2D eigenvalue weighted by atomic mass is 32.2. The second-order valence-electron chi connectivity index (χ2n) is 2.89. The molecule has 9 heteroatoms. The number of carbonyl (C=O) groups is 1. The molecule has 0 radical (unpaired) electrons. The first-order chi connectivity index (χ1) is 7.42. The van der Waals surface area contributed by atoms with Gasteiger partial charge in [-0.2, -0.15) is 0 Å². The van der Waals surface area contributed by atoms with Crippen molar-refractivity contribution >= 4 is 21.9 Å². The van der Waals surface area contributed by atoms with Gasteiger partial charge in [-0.25, -0.2) is 23.1 Å². The van der Waals surface area contributed by atoms with Crippen LogP contribution in [0, 0.1) is 0 Å². The summed E-state index contributed by atoms with van der Waals surface area (Å²) in [7, 11) is -3.71. The molecule has 0 bridgehead atoms. The molecule has 0 fully saturated rings. The van der Waals surface area contributed by atoms with Crippen LogP contribution in [-0.2, 0) is 14.8 Å². The van der Waals surface area contributed by atoms with E-state index in [1.807, 2.05) is 0 Å². The Labute approximate surface area is 92.1 Å². The predicted molar refractivity (Wildman–Crippen MR) is 55.4 cm³/mol. The van der Waals surface area contributed by atoms with Crippen LogP contribution in [0.4, 0.5) is 5.95 Å². The summed E-state index contributed by atoms with van der Waals surface area (Å²) in [5.74, 6) is -0.604. The largest absolute Gasteiger partial charge is 0.370 e. The Hall–Kier alpha value is -1.74. The number of amides is 1. The molecule has 0 spiro atoms. The minimum atomic E-state index is -3.71. The summed E-state index contributed by atoms with van der Waals surface area (Å²) in [6.45, 7) is -0.0674. The van der Waals surface area contributed by atoms with Gasteiger partial charge in [-0.3, -0.25) is 4.79 Å². The molecule has 1 amide bonds. The van der Waals surface area contributed by atoms with Crippen molar-refractivity contribution in [1.29, 1.82) is 0 Å². The Morgan fingerprint density at radius 2 is 1.94 bits per heavy atom. The first kappa shape index (κ1) is 12.3. The lowest BCUT2D eigenvalue weighted by molar-refractivity contribution is -0.117. The van der Waals surface area contributed by atoms with Crippen molar-refractivity contribution in [3.8, 4) is 0 Å². The van der Waals surface area contributed by atoms with Crippen LogP contribution in [0.15, 0.2) is 17.3 Å². The van der Waals surface area contributed by atoms with E-state index < -0.39 is 15.9 Å². The number of nitrogen functional groups attached to an aromatic ring is 1. The zero-order chi connectivity index (χ0) is 12.2. The standard InChI is InChI=1S/C7H11N5O3S/c8-6(13)1-2-12-16(14,15)5-3-10-7(9)11-4-5/h3-4,12H,1-2H2,(H2,8,13)(H2,9,10,11). The Kier molecular flexibility index (Phi) is 3.74. The fourth-order valence-corrected chi connectivity index (χ4v) is 1.78. The highest BCUT2D eigenvalue weighted by Crippen LogP contribution is 2.05. The molecule has 0 aliphatic carbocycles. The van der Waals surface area contributed by atoms with E-state index in [0.29, 0.717) is 0 Å².